The van der Waals surface area contributed by atoms with E-state index in [2.05, 4.69) is 5.16 Å². The third-order valence-electron chi connectivity index (χ3n) is 6.61. The van der Waals surface area contributed by atoms with E-state index < -0.39 is 16.2 Å². The average Bonchev–Trinajstić information content (AvgIpc) is 3.61. The quantitative estimate of drug-likeness (QED) is 0.394. The summed E-state index contributed by atoms with van der Waals surface area (Å²) in [6.45, 7) is 1.22. The van der Waals surface area contributed by atoms with Gasteiger partial charge in [0.05, 0.1) is 27.5 Å². The number of rotatable bonds is 7. The van der Waals surface area contributed by atoms with Crippen LogP contribution in [-0.2, 0) is 33.3 Å². The summed E-state index contributed by atoms with van der Waals surface area (Å²) < 4.78 is 31.5. The molecular weight excluding hydrogens is 554 g/mol. The van der Waals surface area contributed by atoms with Crippen LogP contribution in [0, 0.1) is 0 Å². The number of aryl methyl sites for hydroxylation is 1. The number of halogens is 1. The van der Waals surface area contributed by atoms with E-state index in [9.17, 15) is 18.0 Å². The van der Waals surface area contributed by atoms with Crippen LogP contribution in [0.15, 0.2) is 45.8 Å². The summed E-state index contributed by atoms with van der Waals surface area (Å²) in [6.07, 6.45) is 3.92. The Hall–Kier alpha value is -3.16. The first-order valence-electron chi connectivity index (χ1n) is 12.0. The first-order valence-corrected chi connectivity index (χ1v) is 15.0. The number of oxime groups is 1. The highest BCUT2D eigenvalue weighted by atomic mass is 35.5. The van der Waals surface area contributed by atoms with Crippen molar-refractivity contribution in [2.75, 3.05) is 19.3 Å². The molecule has 1 aromatic carbocycles. The Balaban J connectivity index is 1.21. The minimum atomic E-state index is -3.75. The van der Waals surface area contributed by atoms with Crippen molar-refractivity contribution in [2.45, 2.75) is 37.8 Å². The van der Waals surface area contributed by atoms with E-state index in [4.69, 9.17) is 25.6 Å². The highest BCUT2D eigenvalue weighted by molar-refractivity contribution is 7.86. The van der Waals surface area contributed by atoms with Gasteiger partial charge >= 0.3 is 10.1 Å². The molecule has 2 aromatic heterocycles. The number of carbonyl (C=O) groups is 1. The molecule has 0 saturated carbocycles. The lowest BCUT2D eigenvalue weighted by molar-refractivity contribution is -0.133. The molecule has 2 aliphatic rings. The van der Waals surface area contributed by atoms with Crippen LogP contribution in [0.1, 0.15) is 47.5 Å². The second-order valence-corrected chi connectivity index (χ2v) is 12.2. The number of carbonyl (C=O) groups excluding carboxylic acids is 1. The SMILES string of the molecule is Cn1ccc(=O)n1CC(=O)N1CCC(c2nc(C3=NOC(c4c(Cl)cccc4OS(C)(=O)=O)C3)cs2)CC1. The molecule has 1 atom stereocenters. The van der Waals surface area contributed by atoms with Crippen molar-refractivity contribution in [1.82, 2.24) is 19.2 Å². The van der Waals surface area contributed by atoms with Crippen molar-refractivity contribution in [3.05, 3.63) is 67.5 Å². The number of aromatic nitrogens is 3. The molecule has 0 N–H and O–H groups in total. The van der Waals surface area contributed by atoms with E-state index in [1.807, 2.05) is 5.38 Å². The summed E-state index contributed by atoms with van der Waals surface area (Å²) >= 11 is 7.90. The Labute approximate surface area is 228 Å². The molecule has 1 unspecified atom stereocenters. The van der Waals surface area contributed by atoms with Gasteiger partial charge < -0.3 is 13.9 Å². The predicted octanol–water partition coefficient (Wildman–Crippen LogP) is 2.91. The van der Waals surface area contributed by atoms with Crippen LogP contribution >= 0.6 is 22.9 Å². The molecule has 1 saturated heterocycles. The van der Waals surface area contributed by atoms with Crippen LogP contribution in [0.5, 0.6) is 5.75 Å². The van der Waals surface area contributed by atoms with Crippen LogP contribution in [0.4, 0.5) is 0 Å². The van der Waals surface area contributed by atoms with Crippen molar-refractivity contribution in [2.24, 2.45) is 12.2 Å². The Bertz CT molecular complexity index is 1550. The highest BCUT2D eigenvalue weighted by Gasteiger charge is 2.32. The van der Waals surface area contributed by atoms with Gasteiger partial charge in [0.15, 0.2) is 11.9 Å². The summed E-state index contributed by atoms with van der Waals surface area (Å²) in [5.74, 6) is 0.251. The summed E-state index contributed by atoms with van der Waals surface area (Å²) in [5.41, 5.74) is 1.57. The molecular formula is C24H26ClN5O6S2. The number of amides is 1. The first kappa shape index (κ1) is 26.4. The monoisotopic (exact) mass is 579 g/mol. The molecule has 5 rings (SSSR count). The van der Waals surface area contributed by atoms with Crippen LogP contribution in [-0.4, -0.2) is 58.6 Å². The van der Waals surface area contributed by atoms with E-state index in [-0.39, 0.29) is 29.7 Å². The lowest BCUT2D eigenvalue weighted by Gasteiger charge is -2.31. The average molecular weight is 580 g/mol. The fourth-order valence-corrected chi connectivity index (χ4v) is 6.40. The van der Waals surface area contributed by atoms with E-state index in [0.29, 0.717) is 41.5 Å². The molecule has 1 fully saturated rings. The number of hydrogen-bond donors (Lipinski definition) is 0. The highest BCUT2D eigenvalue weighted by Crippen LogP contribution is 2.40. The third-order valence-corrected chi connectivity index (χ3v) is 8.43. The van der Waals surface area contributed by atoms with Crippen LogP contribution < -0.4 is 9.74 Å². The molecule has 1 amide bonds. The molecule has 0 bridgehead atoms. The van der Waals surface area contributed by atoms with Crippen molar-refractivity contribution in [1.29, 1.82) is 0 Å². The third kappa shape index (κ3) is 5.64. The van der Waals surface area contributed by atoms with E-state index >= 15 is 0 Å². The molecule has 0 spiro atoms. The Morgan fingerprint density at radius 3 is 2.71 bits per heavy atom. The van der Waals surface area contributed by atoms with Gasteiger partial charge in [-0.1, -0.05) is 22.8 Å². The first-order chi connectivity index (χ1) is 18.1. The number of likely N-dealkylation sites (tertiary alicyclic amines) is 1. The van der Waals surface area contributed by atoms with E-state index in [0.717, 1.165) is 24.1 Å². The van der Waals surface area contributed by atoms with Crippen molar-refractivity contribution in [3.8, 4) is 5.75 Å². The van der Waals surface area contributed by atoms with Gasteiger partial charge in [0.2, 0.25) is 5.91 Å². The summed E-state index contributed by atoms with van der Waals surface area (Å²) in [5, 5.41) is 7.42. The van der Waals surface area contributed by atoms with Gasteiger partial charge in [-0.05, 0) is 25.0 Å². The van der Waals surface area contributed by atoms with Gasteiger partial charge in [-0.2, -0.15) is 8.42 Å². The van der Waals surface area contributed by atoms with Crippen molar-refractivity contribution >= 4 is 44.7 Å². The number of thiazole rings is 1. The molecule has 0 aliphatic carbocycles. The molecule has 202 valence electrons. The van der Waals surface area contributed by atoms with Gasteiger partial charge in [-0.3, -0.25) is 14.3 Å². The lowest BCUT2D eigenvalue weighted by atomic mass is 9.97. The molecule has 4 heterocycles. The van der Waals surface area contributed by atoms with Gasteiger partial charge in [0, 0.05) is 50.1 Å². The zero-order valence-corrected chi connectivity index (χ0v) is 23.1. The number of piperidine rings is 1. The zero-order valence-electron chi connectivity index (χ0n) is 20.7. The van der Waals surface area contributed by atoms with Gasteiger partial charge in [-0.15, -0.1) is 11.3 Å². The Morgan fingerprint density at radius 2 is 2.03 bits per heavy atom. The molecule has 2 aliphatic heterocycles. The van der Waals surface area contributed by atoms with Gasteiger partial charge in [-0.25, -0.2) is 9.67 Å². The summed E-state index contributed by atoms with van der Waals surface area (Å²) in [6, 6.07) is 6.22. The topological polar surface area (TPSA) is 125 Å². The lowest BCUT2D eigenvalue weighted by Crippen LogP contribution is -2.41. The maximum Gasteiger partial charge on any atom is 0.306 e. The predicted molar refractivity (Wildman–Crippen MR) is 142 cm³/mol. The van der Waals surface area contributed by atoms with Crippen LogP contribution in [0.2, 0.25) is 5.02 Å². The van der Waals surface area contributed by atoms with Crippen LogP contribution in [0.25, 0.3) is 0 Å². The molecule has 3 aromatic rings. The number of benzene rings is 1. The number of hydrogen-bond acceptors (Lipinski definition) is 9. The molecule has 38 heavy (non-hydrogen) atoms. The van der Waals surface area contributed by atoms with E-state index in [1.165, 1.54) is 16.8 Å². The standard InChI is InChI=1S/C24H26ClN5O6S2/c1-28-9-8-21(31)30(28)13-22(32)29-10-6-15(7-11-29)24-26-18(14-37-24)17-12-20(35-27-17)23-16(25)4-3-5-19(23)36-38(2,33)34/h3-5,8-9,14-15,20H,6-7,10-13H2,1-2H3. The molecule has 0 radical (unpaired) electrons. The van der Waals surface area contributed by atoms with Gasteiger partial charge in [0.1, 0.15) is 12.3 Å². The second-order valence-electron chi connectivity index (χ2n) is 9.29. The fourth-order valence-electron chi connectivity index (χ4n) is 4.64. The maximum atomic E-state index is 12.7. The summed E-state index contributed by atoms with van der Waals surface area (Å²) in [4.78, 5) is 36.8. The minimum Gasteiger partial charge on any atom is -0.387 e. The van der Waals surface area contributed by atoms with Crippen molar-refractivity contribution < 1.29 is 22.2 Å². The summed E-state index contributed by atoms with van der Waals surface area (Å²) in [7, 11) is -2.01. The van der Waals surface area contributed by atoms with Crippen LogP contribution in [0.3, 0.4) is 0 Å². The van der Waals surface area contributed by atoms with Crippen molar-refractivity contribution in [3.63, 3.8) is 0 Å². The largest absolute Gasteiger partial charge is 0.387 e. The maximum absolute atomic E-state index is 12.7. The smallest absolute Gasteiger partial charge is 0.306 e. The van der Waals surface area contributed by atoms with E-state index in [1.54, 1.807) is 46.3 Å². The normalized spacial score (nSPS) is 18.3. The Morgan fingerprint density at radius 1 is 1.26 bits per heavy atom. The Kier molecular flexibility index (Phi) is 7.34. The fraction of sp³-hybridized carbons (Fsp3) is 0.417. The van der Waals surface area contributed by atoms with Gasteiger partial charge in [0.25, 0.3) is 5.56 Å². The zero-order chi connectivity index (χ0) is 27.0. The molecule has 11 nitrogen and oxygen atoms in total. The minimum absolute atomic E-state index is 0.0256. The second kappa shape index (κ2) is 10.5. The molecule has 14 heteroatoms. The number of nitrogens with zero attached hydrogens (tertiary/aromatic N) is 5.